The Labute approximate surface area is 156 Å². The first-order chi connectivity index (χ1) is 12.6. The molecule has 1 aromatic carbocycles. The molecule has 2 heterocycles. The summed E-state index contributed by atoms with van der Waals surface area (Å²) in [7, 11) is 0. The fraction of sp³-hybridized carbons (Fsp3) is 0.571. The van der Waals surface area contributed by atoms with E-state index >= 15 is 0 Å². The molecule has 2 atom stereocenters. The Bertz CT molecular complexity index is 625. The number of aliphatic hydroxyl groups is 1. The molecule has 5 heteroatoms. The van der Waals surface area contributed by atoms with Gasteiger partial charge >= 0.3 is 0 Å². The minimum Gasteiger partial charge on any atom is -0.391 e. The van der Waals surface area contributed by atoms with E-state index < -0.39 is 6.10 Å². The average molecular weight is 358 g/mol. The zero-order valence-corrected chi connectivity index (χ0v) is 15.6. The first-order valence-corrected chi connectivity index (χ1v) is 9.61. The van der Waals surface area contributed by atoms with Crippen LogP contribution in [0.3, 0.4) is 0 Å². The lowest BCUT2D eigenvalue weighted by Crippen LogP contribution is -2.46. The number of aryl methyl sites for hydroxylation is 1. The van der Waals surface area contributed by atoms with Gasteiger partial charge in [0.05, 0.1) is 19.3 Å². The van der Waals surface area contributed by atoms with Gasteiger partial charge in [0, 0.05) is 38.8 Å². The second-order valence-electron chi connectivity index (χ2n) is 7.35. The minimum atomic E-state index is -0.458. The number of carbonyl (C=O) groups excluding carboxylic acids is 1. The number of likely N-dealkylation sites (tertiary alicyclic amines) is 1. The summed E-state index contributed by atoms with van der Waals surface area (Å²) < 4.78 is 5.33. The number of nitrogens with zero attached hydrogens (tertiary/aromatic N) is 2. The van der Waals surface area contributed by atoms with Crippen molar-refractivity contribution >= 4 is 5.91 Å². The van der Waals surface area contributed by atoms with Crippen LogP contribution in [0.15, 0.2) is 36.4 Å². The molecule has 0 aliphatic carbocycles. The number of hydrogen-bond donors (Lipinski definition) is 1. The first-order valence-electron chi connectivity index (χ1n) is 9.61. The molecule has 2 aliphatic heterocycles. The zero-order chi connectivity index (χ0) is 18.4. The molecule has 0 radical (unpaired) electrons. The van der Waals surface area contributed by atoms with Crippen LogP contribution < -0.4 is 0 Å². The van der Waals surface area contributed by atoms with Gasteiger partial charge in [0.2, 0.25) is 5.91 Å². The molecular formula is C21H30N2O3. The Morgan fingerprint density at radius 2 is 2.04 bits per heavy atom. The van der Waals surface area contributed by atoms with Gasteiger partial charge in [-0.1, -0.05) is 30.3 Å². The van der Waals surface area contributed by atoms with Crippen molar-refractivity contribution in [1.82, 2.24) is 9.80 Å². The first kappa shape index (κ1) is 19.1. The van der Waals surface area contributed by atoms with Crippen molar-refractivity contribution in [3.63, 3.8) is 0 Å². The standard InChI is InChI=1S/C21H30N2O3/c1-17-5-2-3-6-18(17)15-19-8-10-23(16-20(19)24)21(25)7-4-9-22-11-13-26-14-12-22/h2-7,19-20,24H,8-16H2,1H3/t19-,20+/m1/s1. The monoisotopic (exact) mass is 358 g/mol. The van der Waals surface area contributed by atoms with Crippen LogP contribution in [0.1, 0.15) is 17.5 Å². The number of amides is 1. The Balaban J connectivity index is 1.46. The molecule has 0 spiro atoms. The van der Waals surface area contributed by atoms with Crippen LogP contribution >= 0.6 is 0 Å². The molecule has 2 fully saturated rings. The van der Waals surface area contributed by atoms with E-state index in [2.05, 4.69) is 24.0 Å². The quantitative estimate of drug-likeness (QED) is 0.813. The van der Waals surface area contributed by atoms with Gasteiger partial charge in [-0.2, -0.15) is 0 Å². The van der Waals surface area contributed by atoms with Crippen LogP contribution in [0, 0.1) is 12.8 Å². The van der Waals surface area contributed by atoms with E-state index in [1.165, 1.54) is 11.1 Å². The van der Waals surface area contributed by atoms with Gasteiger partial charge in [0.15, 0.2) is 0 Å². The second-order valence-corrected chi connectivity index (χ2v) is 7.35. The van der Waals surface area contributed by atoms with Gasteiger partial charge in [-0.15, -0.1) is 0 Å². The summed E-state index contributed by atoms with van der Waals surface area (Å²) in [6.45, 7) is 7.40. The van der Waals surface area contributed by atoms with Crippen molar-refractivity contribution in [3.05, 3.63) is 47.5 Å². The summed E-state index contributed by atoms with van der Waals surface area (Å²) in [5.41, 5.74) is 2.56. The summed E-state index contributed by atoms with van der Waals surface area (Å²) in [4.78, 5) is 16.4. The van der Waals surface area contributed by atoms with Gasteiger partial charge in [-0.25, -0.2) is 0 Å². The molecule has 2 aliphatic rings. The second kappa shape index (κ2) is 9.31. The topological polar surface area (TPSA) is 53.0 Å². The van der Waals surface area contributed by atoms with Crippen molar-refractivity contribution in [2.45, 2.75) is 25.9 Å². The Hall–Kier alpha value is -1.69. The molecule has 0 saturated carbocycles. The molecule has 0 aromatic heterocycles. The Morgan fingerprint density at radius 1 is 1.27 bits per heavy atom. The third-order valence-electron chi connectivity index (χ3n) is 5.50. The fourth-order valence-corrected chi connectivity index (χ4v) is 3.73. The number of benzene rings is 1. The molecule has 2 saturated heterocycles. The van der Waals surface area contributed by atoms with Crippen molar-refractivity contribution in [3.8, 4) is 0 Å². The van der Waals surface area contributed by atoms with E-state index in [1.54, 1.807) is 11.0 Å². The highest BCUT2D eigenvalue weighted by Crippen LogP contribution is 2.24. The molecular weight excluding hydrogens is 328 g/mol. The van der Waals surface area contributed by atoms with Crippen LogP contribution in [-0.2, 0) is 16.0 Å². The maximum Gasteiger partial charge on any atom is 0.246 e. The highest BCUT2D eigenvalue weighted by atomic mass is 16.5. The molecule has 1 aromatic rings. The summed E-state index contributed by atoms with van der Waals surface area (Å²) in [6, 6.07) is 8.33. The van der Waals surface area contributed by atoms with Crippen molar-refractivity contribution in [2.75, 3.05) is 45.9 Å². The summed E-state index contributed by atoms with van der Waals surface area (Å²) in [6.07, 6.45) is 4.85. The van der Waals surface area contributed by atoms with Crippen molar-refractivity contribution in [1.29, 1.82) is 0 Å². The minimum absolute atomic E-state index is 0.00616. The smallest absolute Gasteiger partial charge is 0.246 e. The molecule has 0 unspecified atom stereocenters. The predicted octanol–water partition coefficient (Wildman–Crippen LogP) is 1.64. The number of piperidine rings is 1. The lowest BCUT2D eigenvalue weighted by molar-refractivity contribution is -0.130. The third kappa shape index (κ3) is 5.16. The van der Waals surface area contributed by atoms with Crippen LogP contribution in [0.4, 0.5) is 0 Å². The summed E-state index contributed by atoms with van der Waals surface area (Å²) in [5, 5.41) is 10.5. The highest BCUT2D eigenvalue weighted by molar-refractivity contribution is 5.87. The van der Waals surface area contributed by atoms with Crippen LogP contribution in [0.5, 0.6) is 0 Å². The van der Waals surface area contributed by atoms with Crippen molar-refractivity contribution < 1.29 is 14.6 Å². The third-order valence-corrected chi connectivity index (χ3v) is 5.50. The fourth-order valence-electron chi connectivity index (χ4n) is 3.73. The normalized spacial score (nSPS) is 24.9. The maximum absolute atomic E-state index is 12.4. The van der Waals surface area contributed by atoms with Gasteiger partial charge < -0.3 is 14.7 Å². The number of β-amino-alcohol motifs (C(OH)–C–C–N with tert-alkyl or cyclic N) is 1. The molecule has 0 bridgehead atoms. The van der Waals surface area contributed by atoms with Crippen LogP contribution in [0.25, 0.3) is 0 Å². The van der Waals surface area contributed by atoms with Crippen LogP contribution in [0.2, 0.25) is 0 Å². The average Bonchev–Trinajstić information content (AvgIpc) is 2.66. The van der Waals surface area contributed by atoms with Gasteiger partial charge in [0.25, 0.3) is 0 Å². The zero-order valence-electron chi connectivity index (χ0n) is 15.6. The Kier molecular flexibility index (Phi) is 6.83. The number of aliphatic hydroxyl groups excluding tert-OH is 1. The van der Waals surface area contributed by atoms with Crippen molar-refractivity contribution in [2.24, 2.45) is 5.92 Å². The molecule has 26 heavy (non-hydrogen) atoms. The number of morpholine rings is 1. The van der Waals surface area contributed by atoms with Gasteiger partial charge in [-0.3, -0.25) is 9.69 Å². The summed E-state index contributed by atoms with van der Waals surface area (Å²) >= 11 is 0. The maximum atomic E-state index is 12.4. The Morgan fingerprint density at radius 3 is 2.77 bits per heavy atom. The van der Waals surface area contributed by atoms with E-state index in [9.17, 15) is 9.90 Å². The van der Waals surface area contributed by atoms with Gasteiger partial charge in [0.1, 0.15) is 0 Å². The summed E-state index contributed by atoms with van der Waals surface area (Å²) in [5.74, 6) is 0.226. The molecule has 1 amide bonds. The van der Waals surface area contributed by atoms with E-state index in [-0.39, 0.29) is 11.8 Å². The lowest BCUT2D eigenvalue weighted by Gasteiger charge is -2.35. The van der Waals surface area contributed by atoms with Crippen LogP contribution in [-0.4, -0.2) is 72.9 Å². The van der Waals surface area contributed by atoms with E-state index in [4.69, 9.17) is 4.74 Å². The molecule has 3 rings (SSSR count). The number of hydrogen-bond acceptors (Lipinski definition) is 4. The SMILES string of the molecule is Cc1ccccc1C[C@H]1CCN(C(=O)C=CCN2CCOCC2)C[C@@H]1O. The number of carbonyl (C=O) groups is 1. The van der Waals surface area contributed by atoms with E-state index in [1.807, 2.05) is 18.2 Å². The molecule has 142 valence electrons. The lowest BCUT2D eigenvalue weighted by atomic mass is 9.86. The molecule has 1 N–H and O–H groups in total. The van der Waals surface area contributed by atoms with E-state index in [0.717, 1.165) is 45.7 Å². The largest absolute Gasteiger partial charge is 0.391 e. The molecule has 5 nitrogen and oxygen atoms in total. The number of rotatable bonds is 5. The predicted molar refractivity (Wildman–Crippen MR) is 102 cm³/mol. The van der Waals surface area contributed by atoms with E-state index in [0.29, 0.717) is 13.1 Å². The highest BCUT2D eigenvalue weighted by Gasteiger charge is 2.29. The van der Waals surface area contributed by atoms with Gasteiger partial charge in [-0.05, 0) is 36.8 Å². The number of ether oxygens (including phenoxy) is 1.